The first-order valence-corrected chi connectivity index (χ1v) is 7.86. The van der Waals surface area contributed by atoms with E-state index in [1.165, 1.54) is 6.07 Å². The standard InChI is InChI=1S/C16H21BrO4/c1-15(2,20)5-4-6-16(3)9-13(19)10-7-12(18)11(17)8-14(10)21-16/h7-8,18,20H,4-6,9H2,1-3H3/t16-/m1/s1. The molecule has 1 aromatic rings. The summed E-state index contributed by atoms with van der Waals surface area (Å²) in [5, 5.41) is 19.4. The number of phenols is 1. The highest BCUT2D eigenvalue weighted by Crippen LogP contribution is 2.40. The second-order valence-corrected chi connectivity index (χ2v) is 7.47. The summed E-state index contributed by atoms with van der Waals surface area (Å²) in [5.74, 6) is 0.517. The highest BCUT2D eigenvalue weighted by atomic mass is 79.9. The maximum Gasteiger partial charge on any atom is 0.170 e. The van der Waals surface area contributed by atoms with Gasteiger partial charge in [0.05, 0.1) is 22.1 Å². The van der Waals surface area contributed by atoms with E-state index in [0.29, 0.717) is 28.6 Å². The van der Waals surface area contributed by atoms with Crippen LogP contribution in [0.5, 0.6) is 11.5 Å². The van der Waals surface area contributed by atoms with Crippen molar-refractivity contribution in [3.63, 3.8) is 0 Å². The van der Waals surface area contributed by atoms with Crippen LogP contribution in [-0.2, 0) is 0 Å². The largest absolute Gasteiger partial charge is 0.507 e. The number of aromatic hydroxyl groups is 1. The summed E-state index contributed by atoms with van der Waals surface area (Å²) in [6, 6.07) is 3.08. The number of rotatable bonds is 4. The van der Waals surface area contributed by atoms with Gasteiger partial charge in [0, 0.05) is 0 Å². The number of fused-ring (bicyclic) bond motifs is 1. The van der Waals surface area contributed by atoms with Crippen LogP contribution < -0.4 is 4.74 Å². The molecule has 0 aromatic heterocycles. The van der Waals surface area contributed by atoms with Crippen molar-refractivity contribution in [1.29, 1.82) is 0 Å². The molecule has 21 heavy (non-hydrogen) atoms. The summed E-state index contributed by atoms with van der Waals surface area (Å²) in [6.45, 7) is 5.47. The Morgan fingerprint density at radius 2 is 2.10 bits per heavy atom. The number of carbonyl (C=O) groups is 1. The molecule has 0 spiro atoms. The summed E-state index contributed by atoms with van der Waals surface area (Å²) in [4.78, 5) is 12.3. The van der Waals surface area contributed by atoms with E-state index in [0.717, 1.165) is 6.42 Å². The molecule has 0 radical (unpaired) electrons. The molecule has 1 aliphatic rings. The average Bonchev–Trinajstić information content (AvgIpc) is 2.30. The lowest BCUT2D eigenvalue weighted by atomic mass is 9.86. The van der Waals surface area contributed by atoms with E-state index in [9.17, 15) is 15.0 Å². The molecule has 1 aromatic carbocycles. The Morgan fingerprint density at radius 3 is 2.71 bits per heavy atom. The number of phenolic OH excluding ortho intramolecular Hbond substituents is 1. The number of benzene rings is 1. The number of Topliss-reactive ketones (excluding diaryl/α,β-unsaturated/α-hetero) is 1. The molecule has 1 atom stereocenters. The Balaban J connectivity index is 2.15. The third-order valence-corrected chi connectivity index (χ3v) is 4.37. The van der Waals surface area contributed by atoms with Crippen LogP contribution in [0.2, 0.25) is 0 Å². The molecule has 5 heteroatoms. The van der Waals surface area contributed by atoms with Gasteiger partial charge < -0.3 is 14.9 Å². The van der Waals surface area contributed by atoms with Crippen molar-refractivity contribution in [1.82, 2.24) is 0 Å². The van der Waals surface area contributed by atoms with E-state index in [1.807, 2.05) is 6.92 Å². The summed E-state index contributed by atoms with van der Waals surface area (Å²) in [7, 11) is 0. The Morgan fingerprint density at radius 1 is 1.43 bits per heavy atom. The van der Waals surface area contributed by atoms with Gasteiger partial charge >= 0.3 is 0 Å². The van der Waals surface area contributed by atoms with E-state index in [-0.39, 0.29) is 18.0 Å². The predicted molar refractivity (Wildman–Crippen MR) is 83.9 cm³/mol. The van der Waals surface area contributed by atoms with Gasteiger partial charge in [-0.05, 0) is 68.1 Å². The molecule has 0 unspecified atom stereocenters. The molecule has 1 heterocycles. The van der Waals surface area contributed by atoms with Crippen LogP contribution in [0, 0.1) is 0 Å². The Bertz CT molecular complexity index is 562. The minimum atomic E-state index is -0.707. The average molecular weight is 357 g/mol. The SMILES string of the molecule is CC(C)(O)CCC[C@]1(C)CC(=O)c2cc(O)c(Br)cc2O1. The van der Waals surface area contributed by atoms with E-state index < -0.39 is 11.2 Å². The Labute approximate surface area is 133 Å². The fourth-order valence-corrected chi connectivity index (χ4v) is 2.94. The van der Waals surface area contributed by atoms with Crippen molar-refractivity contribution in [2.24, 2.45) is 0 Å². The normalized spacial score (nSPS) is 21.9. The topological polar surface area (TPSA) is 66.8 Å². The number of aliphatic hydroxyl groups is 1. The molecule has 0 fully saturated rings. The van der Waals surface area contributed by atoms with Gasteiger partial charge in [0.2, 0.25) is 0 Å². The van der Waals surface area contributed by atoms with E-state index in [1.54, 1.807) is 19.9 Å². The second-order valence-electron chi connectivity index (χ2n) is 6.62. The fourth-order valence-electron chi connectivity index (χ4n) is 2.62. The second kappa shape index (κ2) is 5.61. The van der Waals surface area contributed by atoms with Crippen LogP contribution in [0.25, 0.3) is 0 Å². The lowest BCUT2D eigenvalue weighted by molar-refractivity contribution is 0.0325. The van der Waals surface area contributed by atoms with Gasteiger partial charge in [-0.15, -0.1) is 0 Å². The molecule has 116 valence electrons. The molecule has 2 N–H and O–H groups in total. The molecule has 1 aliphatic heterocycles. The van der Waals surface area contributed by atoms with Gasteiger partial charge in [-0.1, -0.05) is 0 Å². The zero-order chi connectivity index (χ0) is 15.8. The maximum absolute atomic E-state index is 12.3. The lowest BCUT2D eigenvalue weighted by Crippen LogP contribution is -2.39. The minimum absolute atomic E-state index is 0.0233. The van der Waals surface area contributed by atoms with Crippen LogP contribution in [-0.4, -0.2) is 27.2 Å². The quantitative estimate of drug-likeness (QED) is 0.860. The summed E-state index contributed by atoms with van der Waals surface area (Å²) < 4.78 is 6.51. The van der Waals surface area contributed by atoms with Crippen LogP contribution in [0.1, 0.15) is 56.8 Å². The maximum atomic E-state index is 12.3. The molecule has 0 saturated heterocycles. The van der Waals surface area contributed by atoms with E-state index >= 15 is 0 Å². The zero-order valence-corrected chi connectivity index (χ0v) is 14.2. The van der Waals surface area contributed by atoms with Crippen LogP contribution >= 0.6 is 15.9 Å². The molecule has 0 bridgehead atoms. The van der Waals surface area contributed by atoms with Crippen molar-refractivity contribution in [3.8, 4) is 11.5 Å². The van der Waals surface area contributed by atoms with Crippen molar-refractivity contribution >= 4 is 21.7 Å². The van der Waals surface area contributed by atoms with Crippen molar-refractivity contribution in [2.75, 3.05) is 0 Å². The van der Waals surface area contributed by atoms with Crippen LogP contribution in [0.15, 0.2) is 16.6 Å². The summed E-state index contributed by atoms with van der Waals surface area (Å²) >= 11 is 3.24. The zero-order valence-electron chi connectivity index (χ0n) is 12.6. The highest BCUT2D eigenvalue weighted by molar-refractivity contribution is 9.10. The van der Waals surface area contributed by atoms with Gasteiger partial charge in [-0.25, -0.2) is 0 Å². The molecule has 0 amide bonds. The Hall–Kier alpha value is -1.07. The third-order valence-electron chi connectivity index (χ3n) is 3.73. The monoisotopic (exact) mass is 356 g/mol. The van der Waals surface area contributed by atoms with Gasteiger partial charge in [-0.3, -0.25) is 4.79 Å². The molecular weight excluding hydrogens is 336 g/mol. The molecule has 0 saturated carbocycles. The number of ether oxygens (including phenoxy) is 1. The summed E-state index contributed by atoms with van der Waals surface area (Å²) in [6.07, 6.45) is 2.42. The number of hydrogen-bond donors (Lipinski definition) is 2. The number of hydrogen-bond acceptors (Lipinski definition) is 4. The Kier molecular flexibility index (Phi) is 4.36. The van der Waals surface area contributed by atoms with Crippen molar-refractivity contribution < 1.29 is 19.7 Å². The molecular formula is C16H21BrO4. The van der Waals surface area contributed by atoms with Crippen molar-refractivity contribution in [2.45, 2.75) is 57.7 Å². The van der Waals surface area contributed by atoms with E-state index in [2.05, 4.69) is 15.9 Å². The number of carbonyl (C=O) groups excluding carboxylic acids is 1. The molecule has 0 aliphatic carbocycles. The predicted octanol–water partition coefficient (Wildman–Crippen LogP) is 3.82. The van der Waals surface area contributed by atoms with Gasteiger partial charge in [0.1, 0.15) is 17.1 Å². The minimum Gasteiger partial charge on any atom is -0.507 e. The summed E-state index contributed by atoms with van der Waals surface area (Å²) in [5.41, 5.74) is -0.844. The molecule has 4 nitrogen and oxygen atoms in total. The van der Waals surface area contributed by atoms with Gasteiger partial charge in [0.15, 0.2) is 5.78 Å². The van der Waals surface area contributed by atoms with Crippen LogP contribution in [0.3, 0.4) is 0 Å². The van der Waals surface area contributed by atoms with Crippen molar-refractivity contribution in [3.05, 3.63) is 22.2 Å². The number of ketones is 1. The first kappa shape index (κ1) is 16.3. The smallest absolute Gasteiger partial charge is 0.170 e. The first-order chi connectivity index (χ1) is 9.60. The van der Waals surface area contributed by atoms with E-state index in [4.69, 9.17) is 4.74 Å². The number of halogens is 1. The first-order valence-electron chi connectivity index (χ1n) is 7.07. The fraction of sp³-hybridized carbons (Fsp3) is 0.562. The van der Waals surface area contributed by atoms with Gasteiger partial charge in [0.25, 0.3) is 0 Å². The lowest BCUT2D eigenvalue weighted by Gasteiger charge is -2.35. The molecule has 2 rings (SSSR count). The van der Waals surface area contributed by atoms with Gasteiger partial charge in [-0.2, -0.15) is 0 Å². The van der Waals surface area contributed by atoms with Crippen LogP contribution in [0.4, 0.5) is 0 Å². The third kappa shape index (κ3) is 3.98. The highest BCUT2D eigenvalue weighted by Gasteiger charge is 2.37.